The minimum absolute atomic E-state index is 0. The lowest BCUT2D eigenvalue weighted by Gasteiger charge is -2.34. The van der Waals surface area contributed by atoms with Crippen molar-refractivity contribution in [3.05, 3.63) is 29.3 Å². The molecule has 1 aromatic rings. The highest BCUT2D eigenvalue weighted by atomic mass is 35.5. The van der Waals surface area contributed by atoms with Crippen LogP contribution in [0.2, 0.25) is 0 Å². The summed E-state index contributed by atoms with van der Waals surface area (Å²) in [5.41, 5.74) is 2.70. The molecule has 122 valence electrons. The molecule has 2 rings (SSSR count). The lowest BCUT2D eigenvalue weighted by molar-refractivity contribution is 0.182. The van der Waals surface area contributed by atoms with E-state index < -0.39 is 0 Å². The van der Waals surface area contributed by atoms with Crippen LogP contribution in [0.25, 0.3) is 0 Å². The number of methoxy groups -OCH3 is 1. The van der Waals surface area contributed by atoms with Crippen LogP contribution in [0.1, 0.15) is 43.9 Å². The SMILES string of the molecule is COc1ccc(C(C)C)cc1[C@@H](C)N1CCNCC1.Cl.Cl. The van der Waals surface area contributed by atoms with E-state index in [4.69, 9.17) is 4.74 Å². The van der Waals surface area contributed by atoms with Gasteiger partial charge in [0.2, 0.25) is 0 Å². The first-order valence-corrected chi connectivity index (χ1v) is 7.26. The number of nitrogens with one attached hydrogen (secondary N) is 1. The Kier molecular flexibility index (Phi) is 9.30. The minimum Gasteiger partial charge on any atom is -0.496 e. The van der Waals surface area contributed by atoms with Gasteiger partial charge in [0.15, 0.2) is 0 Å². The average Bonchev–Trinajstić information content (AvgIpc) is 2.46. The van der Waals surface area contributed by atoms with Crippen molar-refractivity contribution in [2.75, 3.05) is 33.3 Å². The van der Waals surface area contributed by atoms with Gasteiger partial charge in [-0.1, -0.05) is 26.0 Å². The third-order valence-corrected chi connectivity index (χ3v) is 4.07. The van der Waals surface area contributed by atoms with Crippen LogP contribution in [-0.4, -0.2) is 38.2 Å². The Hall–Kier alpha value is -0.480. The van der Waals surface area contributed by atoms with Gasteiger partial charge < -0.3 is 10.1 Å². The Morgan fingerprint density at radius 2 is 1.71 bits per heavy atom. The largest absolute Gasteiger partial charge is 0.496 e. The maximum absolute atomic E-state index is 5.55. The number of rotatable bonds is 4. The van der Waals surface area contributed by atoms with E-state index in [1.165, 1.54) is 11.1 Å². The van der Waals surface area contributed by atoms with Crippen LogP contribution in [0.15, 0.2) is 18.2 Å². The Labute approximate surface area is 141 Å². The summed E-state index contributed by atoms with van der Waals surface area (Å²) in [5, 5.41) is 3.41. The molecule has 1 aliphatic heterocycles. The third kappa shape index (κ3) is 5.03. The fourth-order valence-corrected chi connectivity index (χ4v) is 2.70. The molecule has 1 aromatic carbocycles. The van der Waals surface area contributed by atoms with Gasteiger partial charge in [-0.3, -0.25) is 4.90 Å². The van der Waals surface area contributed by atoms with Gasteiger partial charge in [0.25, 0.3) is 0 Å². The van der Waals surface area contributed by atoms with E-state index in [0.29, 0.717) is 12.0 Å². The Morgan fingerprint density at radius 3 is 2.24 bits per heavy atom. The minimum atomic E-state index is 0. The number of piperazine rings is 1. The van der Waals surface area contributed by atoms with Crippen molar-refractivity contribution in [1.29, 1.82) is 0 Å². The highest BCUT2D eigenvalue weighted by Crippen LogP contribution is 2.32. The Morgan fingerprint density at radius 1 is 1.10 bits per heavy atom. The van der Waals surface area contributed by atoms with E-state index in [1.54, 1.807) is 7.11 Å². The number of halogens is 2. The van der Waals surface area contributed by atoms with E-state index in [-0.39, 0.29) is 24.8 Å². The van der Waals surface area contributed by atoms with Crippen molar-refractivity contribution in [3.8, 4) is 5.75 Å². The lowest BCUT2D eigenvalue weighted by Crippen LogP contribution is -2.44. The second kappa shape index (κ2) is 9.52. The molecule has 0 aliphatic carbocycles. The van der Waals surface area contributed by atoms with Crippen LogP contribution in [0, 0.1) is 0 Å². The molecular formula is C16H28Cl2N2O. The molecule has 0 bridgehead atoms. The smallest absolute Gasteiger partial charge is 0.123 e. The van der Waals surface area contributed by atoms with Gasteiger partial charge in [-0.05, 0) is 24.5 Å². The summed E-state index contributed by atoms with van der Waals surface area (Å²) < 4.78 is 5.55. The van der Waals surface area contributed by atoms with E-state index >= 15 is 0 Å². The van der Waals surface area contributed by atoms with Crippen LogP contribution in [-0.2, 0) is 0 Å². The topological polar surface area (TPSA) is 24.5 Å². The van der Waals surface area contributed by atoms with Crippen molar-refractivity contribution in [1.82, 2.24) is 10.2 Å². The summed E-state index contributed by atoms with van der Waals surface area (Å²) in [6.07, 6.45) is 0. The first-order chi connectivity index (χ1) is 9.13. The molecule has 1 atom stereocenters. The maximum Gasteiger partial charge on any atom is 0.123 e. The van der Waals surface area contributed by atoms with Gasteiger partial charge >= 0.3 is 0 Å². The number of nitrogens with zero attached hydrogens (tertiary/aromatic N) is 1. The number of hydrogen-bond acceptors (Lipinski definition) is 3. The lowest BCUT2D eigenvalue weighted by atomic mass is 9.96. The second-order valence-electron chi connectivity index (χ2n) is 5.62. The fraction of sp³-hybridized carbons (Fsp3) is 0.625. The second-order valence-corrected chi connectivity index (χ2v) is 5.62. The molecule has 5 heteroatoms. The van der Waals surface area contributed by atoms with Crippen molar-refractivity contribution in [2.45, 2.75) is 32.7 Å². The summed E-state index contributed by atoms with van der Waals surface area (Å²) >= 11 is 0. The third-order valence-electron chi connectivity index (χ3n) is 4.07. The van der Waals surface area contributed by atoms with Crippen molar-refractivity contribution in [3.63, 3.8) is 0 Å². The van der Waals surface area contributed by atoms with E-state index in [2.05, 4.69) is 49.2 Å². The maximum atomic E-state index is 5.55. The number of benzene rings is 1. The summed E-state index contributed by atoms with van der Waals surface area (Å²) in [6, 6.07) is 7.02. The summed E-state index contributed by atoms with van der Waals surface area (Å²) in [7, 11) is 1.76. The molecule has 1 saturated heterocycles. The van der Waals surface area contributed by atoms with Crippen molar-refractivity contribution >= 4 is 24.8 Å². The van der Waals surface area contributed by atoms with Gasteiger partial charge in [-0.25, -0.2) is 0 Å². The van der Waals surface area contributed by atoms with E-state index in [0.717, 1.165) is 31.9 Å². The molecule has 0 unspecified atom stereocenters. The molecular weight excluding hydrogens is 307 g/mol. The summed E-state index contributed by atoms with van der Waals surface area (Å²) in [4.78, 5) is 2.53. The number of ether oxygens (including phenoxy) is 1. The monoisotopic (exact) mass is 334 g/mol. The van der Waals surface area contributed by atoms with Crippen LogP contribution in [0.3, 0.4) is 0 Å². The molecule has 0 aromatic heterocycles. The van der Waals surface area contributed by atoms with Gasteiger partial charge in [-0.2, -0.15) is 0 Å². The van der Waals surface area contributed by atoms with E-state index in [1.807, 2.05) is 0 Å². The molecule has 0 saturated carbocycles. The van der Waals surface area contributed by atoms with Crippen LogP contribution in [0.5, 0.6) is 5.75 Å². The molecule has 21 heavy (non-hydrogen) atoms. The molecule has 3 nitrogen and oxygen atoms in total. The first-order valence-electron chi connectivity index (χ1n) is 7.26. The highest BCUT2D eigenvalue weighted by molar-refractivity contribution is 5.85. The molecule has 0 amide bonds. The average molecular weight is 335 g/mol. The summed E-state index contributed by atoms with van der Waals surface area (Å²) in [5.74, 6) is 1.57. The van der Waals surface area contributed by atoms with Gasteiger partial charge in [0.1, 0.15) is 5.75 Å². The van der Waals surface area contributed by atoms with Crippen LogP contribution >= 0.6 is 24.8 Å². The zero-order valence-corrected chi connectivity index (χ0v) is 15.0. The zero-order valence-electron chi connectivity index (χ0n) is 13.4. The standard InChI is InChI=1S/C16H26N2O.2ClH/c1-12(2)14-5-6-16(19-4)15(11-14)13(3)18-9-7-17-8-10-18;;/h5-6,11-13,17H,7-10H2,1-4H3;2*1H/t13-;;/m1../s1. The fourth-order valence-electron chi connectivity index (χ4n) is 2.70. The Bertz CT molecular complexity index is 421. The van der Waals surface area contributed by atoms with Crippen molar-refractivity contribution < 1.29 is 4.74 Å². The predicted molar refractivity (Wildman–Crippen MR) is 94.4 cm³/mol. The van der Waals surface area contributed by atoms with Crippen LogP contribution < -0.4 is 10.1 Å². The first kappa shape index (κ1) is 20.5. The molecule has 1 heterocycles. The molecule has 1 N–H and O–H groups in total. The normalized spacial score (nSPS) is 16.8. The van der Waals surface area contributed by atoms with Crippen molar-refractivity contribution in [2.24, 2.45) is 0 Å². The van der Waals surface area contributed by atoms with Crippen LogP contribution in [0.4, 0.5) is 0 Å². The number of hydrogen-bond donors (Lipinski definition) is 1. The zero-order chi connectivity index (χ0) is 13.8. The molecule has 0 radical (unpaired) electrons. The molecule has 1 fully saturated rings. The Balaban J connectivity index is 0.00000200. The summed E-state index contributed by atoms with van der Waals surface area (Å²) in [6.45, 7) is 11.1. The molecule has 0 spiro atoms. The predicted octanol–water partition coefficient (Wildman–Crippen LogP) is 3.63. The van der Waals surface area contributed by atoms with E-state index in [9.17, 15) is 0 Å². The quantitative estimate of drug-likeness (QED) is 0.909. The highest BCUT2D eigenvalue weighted by Gasteiger charge is 2.21. The van der Waals surface area contributed by atoms with Gasteiger partial charge in [0, 0.05) is 37.8 Å². The van der Waals surface area contributed by atoms with Gasteiger partial charge in [0.05, 0.1) is 7.11 Å². The molecule has 1 aliphatic rings. The van der Waals surface area contributed by atoms with Gasteiger partial charge in [-0.15, -0.1) is 24.8 Å².